The van der Waals surface area contributed by atoms with E-state index in [0.29, 0.717) is 19.0 Å². The molecule has 2 aliphatic rings. The molecule has 2 fully saturated rings. The van der Waals surface area contributed by atoms with Gasteiger partial charge in [0.1, 0.15) is 5.82 Å². The number of para-hydroxylation sites is 1. The van der Waals surface area contributed by atoms with Crippen LogP contribution in [-0.4, -0.2) is 53.9 Å². The molecule has 4 rings (SSSR count). The lowest BCUT2D eigenvalue weighted by Gasteiger charge is -2.29. The van der Waals surface area contributed by atoms with E-state index in [9.17, 15) is 4.79 Å². The third-order valence-corrected chi connectivity index (χ3v) is 6.77. The predicted molar refractivity (Wildman–Crippen MR) is 128 cm³/mol. The van der Waals surface area contributed by atoms with E-state index in [0.717, 1.165) is 67.9 Å². The molecule has 0 radical (unpaired) electrons. The van der Waals surface area contributed by atoms with Crippen molar-refractivity contribution in [2.24, 2.45) is 5.92 Å². The predicted octanol–water partition coefficient (Wildman–Crippen LogP) is 4.76. The number of carbonyl (C=O) groups is 1. The first-order chi connectivity index (χ1) is 15.5. The number of benzene rings is 1. The molecule has 1 unspecified atom stereocenters. The van der Waals surface area contributed by atoms with E-state index in [1.54, 1.807) is 0 Å². The van der Waals surface area contributed by atoms with Gasteiger partial charge in [-0.2, -0.15) is 5.10 Å². The van der Waals surface area contributed by atoms with E-state index < -0.39 is 0 Å². The molecule has 6 nitrogen and oxygen atoms in total. The summed E-state index contributed by atoms with van der Waals surface area (Å²) < 4.78 is 7.98. The van der Waals surface area contributed by atoms with Crippen LogP contribution in [0.5, 0.6) is 0 Å². The first kappa shape index (κ1) is 22.8. The van der Waals surface area contributed by atoms with Gasteiger partial charge in [-0.15, -0.1) is 0 Å². The van der Waals surface area contributed by atoms with Crippen LogP contribution < -0.4 is 4.90 Å². The number of hydrogen-bond acceptors (Lipinski definition) is 4. The summed E-state index contributed by atoms with van der Waals surface area (Å²) in [5.74, 6) is 1.77. The SMILES string of the molecule is CC(C)c1nn(-c2ccccc2)c(N(C)C)c1CN(CC1CCCO1)C(=O)C1CCCC1. The number of ether oxygens (including phenoxy) is 1. The van der Waals surface area contributed by atoms with E-state index in [-0.39, 0.29) is 17.9 Å². The van der Waals surface area contributed by atoms with Gasteiger partial charge < -0.3 is 14.5 Å². The van der Waals surface area contributed by atoms with Crippen LogP contribution in [0.15, 0.2) is 30.3 Å². The zero-order valence-corrected chi connectivity index (χ0v) is 20.1. The Kier molecular flexibility index (Phi) is 7.19. The lowest BCUT2D eigenvalue weighted by atomic mass is 10.0. The Morgan fingerprint density at radius 3 is 2.44 bits per heavy atom. The van der Waals surface area contributed by atoms with Crippen LogP contribution in [0.3, 0.4) is 0 Å². The highest BCUT2D eigenvalue weighted by Crippen LogP contribution is 2.34. The third kappa shape index (κ3) is 4.85. The summed E-state index contributed by atoms with van der Waals surface area (Å²) in [4.78, 5) is 17.8. The molecule has 174 valence electrons. The van der Waals surface area contributed by atoms with Crippen molar-refractivity contribution in [3.8, 4) is 5.69 Å². The largest absolute Gasteiger partial charge is 0.376 e. The molecule has 0 bridgehead atoms. The second-order valence-corrected chi connectivity index (χ2v) is 9.82. The minimum Gasteiger partial charge on any atom is -0.376 e. The molecule has 2 aromatic rings. The molecule has 2 heterocycles. The molecule has 1 atom stereocenters. The van der Waals surface area contributed by atoms with Crippen molar-refractivity contribution >= 4 is 11.7 Å². The fourth-order valence-electron chi connectivity index (χ4n) is 5.17. The maximum absolute atomic E-state index is 13.6. The highest BCUT2D eigenvalue weighted by atomic mass is 16.5. The Hall–Kier alpha value is -2.34. The molecule has 0 spiro atoms. The lowest BCUT2D eigenvalue weighted by Crippen LogP contribution is -2.40. The summed E-state index contributed by atoms with van der Waals surface area (Å²) in [6.45, 7) is 6.44. The molecule has 1 aromatic heterocycles. The number of carbonyl (C=O) groups excluding carboxylic acids is 1. The maximum atomic E-state index is 13.6. The second kappa shape index (κ2) is 10.1. The molecular weight excluding hydrogens is 400 g/mol. The van der Waals surface area contributed by atoms with Crippen molar-refractivity contribution in [1.29, 1.82) is 0 Å². The fourth-order valence-corrected chi connectivity index (χ4v) is 5.17. The van der Waals surface area contributed by atoms with Crippen molar-refractivity contribution in [2.75, 3.05) is 32.1 Å². The van der Waals surface area contributed by atoms with Crippen LogP contribution >= 0.6 is 0 Å². The van der Waals surface area contributed by atoms with Crippen molar-refractivity contribution in [3.05, 3.63) is 41.6 Å². The molecule has 0 N–H and O–H groups in total. The Labute approximate surface area is 192 Å². The second-order valence-electron chi connectivity index (χ2n) is 9.82. The smallest absolute Gasteiger partial charge is 0.226 e. The normalized spacial score (nSPS) is 19.1. The quantitative estimate of drug-likeness (QED) is 0.596. The zero-order valence-electron chi connectivity index (χ0n) is 20.1. The van der Waals surface area contributed by atoms with Crippen molar-refractivity contribution in [1.82, 2.24) is 14.7 Å². The third-order valence-electron chi connectivity index (χ3n) is 6.77. The standard InChI is InChI=1S/C26H38N4O2/c1-19(2)24-23(25(28(3)4)30(27-24)21-13-6-5-7-14-21)18-29(17-22-15-10-16-32-22)26(31)20-11-8-9-12-20/h5-7,13-14,19-20,22H,8-12,15-18H2,1-4H3. The van der Waals surface area contributed by atoms with E-state index in [1.165, 1.54) is 0 Å². The summed E-state index contributed by atoms with van der Waals surface area (Å²) in [6, 6.07) is 10.3. The van der Waals surface area contributed by atoms with E-state index >= 15 is 0 Å². The summed E-state index contributed by atoms with van der Waals surface area (Å²) >= 11 is 0. The summed E-state index contributed by atoms with van der Waals surface area (Å²) in [6.07, 6.45) is 6.63. The number of rotatable bonds is 8. The number of anilines is 1. The average Bonchev–Trinajstić information content (AvgIpc) is 3.54. The van der Waals surface area contributed by atoms with Crippen molar-refractivity contribution in [2.45, 2.75) is 70.9 Å². The minimum absolute atomic E-state index is 0.148. The van der Waals surface area contributed by atoms with Gasteiger partial charge in [0.2, 0.25) is 5.91 Å². The molecule has 1 aliphatic heterocycles. The van der Waals surface area contributed by atoms with Gasteiger partial charge in [0.25, 0.3) is 0 Å². The van der Waals surface area contributed by atoms with Gasteiger partial charge in [-0.1, -0.05) is 44.9 Å². The first-order valence-corrected chi connectivity index (χ1v) is 12.2. The van der Waals surface area contributed by atoms with Gasteiger partial charge in [0, 0.05) is 38.7 Å². The molecule has 1 aliphatic carbocycles. The van der Waals surface area contributed by atoms with Gasteiger partial charge in [-0.05, 0) is 43.7 Å². The summed E-state index contributed by atoms with van der Waals surface area (Å²) in [5, 5.41) is 5.05. The van der Waals surface area contributed by atoms with Gasteiger partial charge in [0.15, 0.2) is 0 Å². The molecule has 1 aromatic carbocycles. The van der Waals surface area contributed by atoms with Crippen LogP contribution in [0, 0.1) is 5.92 Å². The van der Waals surface area contributed by atoms with Gasteiger partial charge in [-0.3, -0.25) is 4.79 Å². The van der Waals surface area contributed by atoms with Crippen LogP contribution in [0.4, 0.5) is 5.82 Å². The van der Waals surface area contributed by atoms with E-state index in [1.807, 2.05) is 22.9 Å². The number of aromatic nitrogens is 2. The Morgan fingerprint density at radius 1 is 1.12 bits per heavy atom. The zero-order chi connectivity index (χ0) is 22.7. The lowest BCUT2D eigenvalue weighted by molar-refractivity contribution is -0.137. The highest BCUT2D eigenvalue weighted by Gasteiger charge is 2.32. The molecule has 1 saturated heterocycles. The average molecular weight is 439 g/mol. The molecular formula is C26H38N4O2. The fraction of sp³-hybridized carbons (Fsp3) is 0.615. The Morgan fingerprint density at radius 2 is 1.84 bits per heavy atom. The Balaban J connectivity index is 1.72. The number of amides is 1. The molecule has 6 heteroatoms. The summed E-state index contributed by atoms with van der Waals surface area (Å²) in [5.41, 5.74) is 3.25. The van der Waals surface area contributed by atoms with Gasteiger partial charge in [-0.25, -0.2) is 4.68 Å². The minimum atomic E-state index is 0.148. The van der Waals surface area contributed by atoms with E-state index in [4.69, 9.17) is 9.84 Å². The molecule has 1 amide bonds. The monoisotopic (exact) mass is 438 g/mol. The molecule has 32 heavy (non-hydrogen) atoms. The van der Waals surface area contributed by atoms with Crippen molar-refractivity contribution < 1.29 is 9.53 Å². The van der Waals surface area contributed by atoms with E-state index in [2.05, 4.69) is 49.9 Å². The van der Waals surface area contributed by atoms with Crippen LogP contribution in [0.2, 0.25) is 0 Å². The number of nitrogens with zero attached hydrogens (tertiary/aromatic N) is 4. The maximum Gasteiger partial charge on any atom is 0.226 e. The first-order valence-electron chi connectivity index (χ1n) is 12.2. The van der Waals surface area contributed by atoms with Gasteiger partial charge >= 0.3 is 0 Å². The van der Waals surface area contributed by atoms with Crippen LogP contribution in [-0.2, 0) is 16.1 Å². The summed E-state index contributed by atoms with van der Waals surface area (Å²) in [7, 11) is 4.13. The van der Waals surface area contributed by atoms with Crippen LogP contribution in [0.1, 0.15) is 69.5 Å². The number of hydrogen-bond donors (Lipinski definition) is 0. The Bertz CT molecular complexity index is 894. The van der Waals surface area contributed by atoms with Gasteiger partial charge in [0.05, 0.1) is 24.0 Å². The topological polar surface area (TPSA) is 50.6 Å². The highest BCUT2D eigenvalue weighted by molar-refractivity contribution is 5.79. The van der Waals surface area contributed by atoms with Crippen LogP contribution in [0.25, 0.3) is 5.69 Å². The molecule has 1 saturated carbocycles. The van der Waals surface area contributed by atoms with Crippen molar-refractivity contribution in [3.63, 3.8) is 0 Å².